The second-order valence-corrected chi connectivity index (χ2v) is 8.36. The standard InChI is InChI=1S/C12H14FN3O3S3/c1-2-20-12-15-14-11(21-12)16-22(17,18)8-7-19-10-5-3-9(13)4-6-10/h3-6H,2,7-8H2,1H3,(H,14,16). The molecule has 0 spiro atoms. The largest absolute Gasteiger partial charge is 0.492 e. The molecule has 0 aliphatic carbocycles. The van der Waals surface area contributed by atoms with E-state index in [2.05, 4.69) is 14.9 Å². The van der Waals surface area contributed by atoms with Crippen LogP contribution in [0.1, 0.15) is 6.92 Å². The van der Waals surface area contributed by atoms with Crippen LogP contribution in [0.25, 0.3) is 0 Å². The third-order valence-corrected chi connectivity index (χ3v) is 5.54. The third kappa shape index (κ3) is 5.43. The van der Waals surface area contributed by atoms with E-state index in [0.717, 1.165) is 5.75 Å². The fourth-order valence-electron chi connectivity index (χ4n) is 1.42. The molecule has 0 saturated carbocycles. The van der Waals surface area contributed by atoms with Crippen molar-refractivity contribution in [2.45, 2.75) is 11.3 Å². The Bertz CT molecular complexity index is 704. The lowest BCUT2D eigenvalue weighted by Crippen LogP contribution is -2.21. The topological polar surface area (TPSA) is 81.2 Å². The molecule has 0 amide bonds. The lowest BCUT2D eigenvalue weighted by molar-refractivity contribution is 0.340. The summed E-state index contributed by atoms with van der Waals surface area (Å²) < 4.78 is 44.8. The molecule has 0 atom stereocenters. The number of halogens is 1. The molecule has 0 saturated heterocycles. The van der Waals surface area contributed by atoms with E-state index in [1.807, 2.05) is 6.92 Å². The Labute approximate surface area is 136 Å². The molecule has 6 nitrogen and oxygen atoms in total. The van der Waals surface area contributed by atoms with Crippen LogP contribution in [0.2, 0.25) is 0 Å². The predicted octanol–water partition coefficient (Wildman–Crippen LogP) is 2.61. The molecule has 2 rings (SSSR count). The van der Waals surface area contributed by atoms with Crippen molar-refractivity contribution in [2.75, 3.05) is 22.8 Å². The summed E-state index contributed by atoms with van der Waals surface area (Å²) in [6.07, 6.45) is 0. The van der Waals surface area contributed by atoms with Crippen molar-refractivity contribution < 1.29 is 17.5 Å². The molecule has 1 aromatic heterocycles. The number of nitrogens with zero attached hydrogens (tertiary/aromatic N) is 2. The molecule has 0 aliphatic heterocycles. The number of sulfonamides is 1. The summed E-state index contributed by atoms with van der Waals surface area (Å²) in [5.74, 6) is 0.639. The zero-order chi connectivity index (χ0) is 16.0. The van der Waals surface area contributed by atoms with E-state index in [4.69, 9.17) is 4.74 Å². The number of aromatic nitrogens is 2. The van der Waals surface area contributed by atoms with Gasteiger partial charge in [-0.1, -0.05) is 30.0 Å². The smallest absolute Gasteiger partial charge is 0.237 e. The Morgan fingerprint density at radius 1 is 1.32 bits per heavy atom. The van der Waals surface area contributed by atoms with Crippen molar-refractivity contribution in [3.63, 3.8) is 0 Å². The fraction of sp³-hybridized carbons (Fsp3) is 0.333. The number of hydrogen-bond donors (Lipinski definition) is 1. The molecule has 0 fully saturated rings. The Morgan fingerprint density at radius 3 is 2.73 bits per heavy atom. The molecular formula is C12H14FN3O3S3. The quantitative estimate of drug-likeness (QED) is 0.726. The fourth-order valence-corrected chi connectivity index (χ4v) is 4.18. The number of rotatable bonds is 8. The molecular weight excluding hydrogens is 349 g/mol. The van der Waals surface area contributed by atoms with Crippen LogP contribution in [0.15, 0.2) is 28.6 Å². The molecule has 1 N–H and O–H groups in total. The number of thioether (sulfide) groups is 1. The second kappa shape index (κ2) is 7.75. The van der Waals surface area contributed by atoms with Crippen molar-refractivity contribution in [1.29, 1.82) is 0 Å². The molecule has 10 heteroatoms. The van der Waals surface area contributed by atoms with Crippen LogP contribution in [0, 0.1) is 5.82 Å². The number of nitrogens with one attached hydrogen (secondary N) is 1. The first-order valence-electron chi connectivity index (χ1n) is 6.33. The van der Waals surface area contributed by atoms with Gasteiger partial charge in [0.15, 0.2) is 4.34 Å². The van der Waals surface area contributed by atoms with Gasteiger partial charge in [-0.2, -0.15) is 0 Å². The lowest BCUT2D eigenvalue weighted by Gasteiger charge is -2.07. The molecule has 22 heavy (non-hydrogen) atoms. The summed E-state index contributed by atoms with van der Waals surface area (Å²) in [5.41, 5.74) is 0. The maximum absolute atomic E-state index is 12.7. The minimum Gasteiger partial charge on any atom is -0.492 e. The van der Waals surface area contributed by atoms with Gasteiger partial charge < -0.3 is 4.74 Å². The van der Waals surface area contributed by atoms with E-state index < -0.39 is 10.0 Å². The van der Waals surface area contributed by atoms with Crippen molar-refractivity contribution >= 4 is 38.3 Å². The minimum atomic E-state index is -3.56. The molecule has 1 heterocycles. The van der Waals surface area contributed by atoms with E-state index in [-0.39, 0.29) is 23.3 Å². The van der Waals surface area contributed by atoms with Crippen molar-refractivity contribution in [3.8, 4) is 5.75 Å². The van der Waals surface area contributed by atoms with Gasteiger partial charge in [-0.25, -0.2) is 12.8 Å². The van der Waals surface area contributed by atoms with E-state index >= 15 is 0 Å². The van der Waals surface area contributed by atoms with E-state index in [1.54, 1.807) is 0 Å². The lowest BCUT2D eigenvalue weighted by atomic mass is 10.3. The van der Waals surface area contributed by atoms with Crippen LogP contribution >= 0.6 is 23.1 Å². The van der Waals surface area contributed by atoms with Gasteiger partial charge in [-0.3, -0.25) is 4.72 Å². The van der Waals surface area contributed by atoms with Gasteiger partial charge >= 0.3 is 0 Å². The van der Waals surface area contributed by atoms with Gasteiger partial charge in [0, 0.05) is 0 Å². The highest BCUT2D eigenvalue weighted by Gasteiger charge is 2.14. The Balaban J connectivity index is 1.83. The monoisotopic (exact) mass is 363 g/mol. The molecule has 120 valence electrons. The van der Waals surface area contributed by atoms with E-state index in [9.17, 15) is 12.8 Å². The zero-order valence-corrected chi connectivity index (χ0v) is 14.1. The van der Waals surface area contributed by atoms with Gasteiger partial charge in [-0.15, -0.1) is 10.2 Å². The molecule has 0 aliphatic rings. The Hall–Kier alpha value is -1.39. The van der Waals surface area contributed by atoms with Gasteiger partial charge in [-0.05, 0) is 30.0 Å². The summed E-state index contributed by atoms with van der Waals surface area (Å²) >= 11 is 2.68. The van der Waals surface area contributed by atoms with Crippen LogP contribution in [0.4, 0.5) is 9.52 Å². The molecule has 0 bridgehead atoms. The number of hydrogen-bond acceptors (Lipinski definition) is 7. The average molecular weight is 363 g/mol. The van der Waals surface area contributed by atoms with Gasteiger partial charge in [0.25, 0.3) is 0 Å². The first kappa shape index (κ1) is 17.0. The molecule has 2 aromatic rings. The number of benzene rings is 1. The minimum absolute atomic E-state index is 0.0453. The SMILES string of the molecule is CCSc1nnc(NS(=O)(=O)CCOc2ccc(F)cc2)s1. The summed E-state index contributed by atoms with van der Waals surface area (Å²) in [7, 11) is -3.56. The Morgan fingerprint density at radius 2 is 2.05 bits per heavy atom. The molecule has 0 radical (unpaired) electrons. The maximum Gasteiger partial charge on any atom is 0.237 e. The number of anilines is 1. The highest BCUT2D eigenvalue weighted by atomic mass is 32.2. The number of ether oxygens (including phenoxy) is 1. The van der Waals surface area contributed by atoms with Crippen LogP contribution in [0.5, 0.6) is 5.75 Å². The van der Waals surface area contributed by atoms with Gasteiger partial charge in [0.2, 0.25) is 15.2 Å². The summed E-state index contributed by atoms with van der Waals surface area (Å²) in [6, 6.07) is 5.37. The van der Waals surface area contributed by atoms with E-state index in [0.29, 0.717) is 10.1 Å². The van der Waals surface area contributed by atoms with Gasteiger partial charge in [0.1, 0.15) is 23.9 Å². The first-order valence-corrected chi connectivity index (χ1v) is 9.79. The van der Waals surface area contributed by atoms with Crippen molar-refractivity contribution in [1.82, 2.24) is 10.2 Å². The van der Waals surface area contributed by atoms with Crippen molar-refractivity contribution in [3.05, 3.63) is 30.1 Å². The second-order valence-electron chi connectivity index (χ2n) is 4.03. The predicted molar refractivity (Wildman–Crippen MR) is 85.6 cm³/mol. The Kier molecular flexibility index (Phi) is 5.98. The van der Waals surface area contributed by atoms with Crippen LogP contribution in [-0.4, -0.2) is 36.7 Å². The van der Waals surface area contributed by atoms with Crippen molar-refractivity contribution in [2.24, 2.45) is 0 Å². The highest BCUT2D eigenvalue weighted by Crippen LogP contribution is 2.25. The first-order chi connectivity index (χ1) is 10.5. The average Bonchev–Trinajstić information content (AvgIpc) is 2.88. The van der Waals surface area contributed by atoms with Crippen LogP contribution in [0.3, 0.4) is 0 Å². The summed E-state index contributed by atoms with van der Waals surface area (Å²) in [6.45, 7) is 1.93. The normalized spacial score (nSPS) is 11.4. The third-order valence-electron chi connectivity index (χ3n) is 2.35. The maximum atomic E-state index is 12.7. The zero-order valence-electron chi connectivity index (χ0n) is 11.7. The molecule has 0 unspecified atom stereocenters. The van der Waals surface area contributed by atoms with Crippen LogP contribution < -0.4 is 9.46 Å². The summed E-state index contributed by atoms with van der Waals surface area (Å²) in [4.78, 5) is 0. The van der Waals surface area contributed by atoms with Gasteiger partial charge in [0.05, 0.1) is 0 Å². The van der Waals surface area contributed by atoms with E-state index in [1.165, 1.54) is 47.4 Å². The molecule has 1 aromatic carbocycles. The summed E-state index contributed by atoms with van der Waals surface area (Å²) in [5, 5.41) is 7.87. The van der Waals surface area contributed by atoms with Crippen LogP contribution in [-0.2, 0) is 10.0 Å². The highest BCUT2D eigenvalue weighted by molar-refractivity contribution is 8.01.